The van der Waals surface area contributed by atoms with E-state index in [0.717, 1.165) is 16.7 Å². The highest BCUT2D eigenvalue weighted by Gasteiger charge is 2.19. The van der Waals surface area contributed by atoms with E-state index in [4.69, 9.17) is 5.73 Å². The molecule has 0 radical (unpaired) electrons. The van der Waals surface area contributed by atoms with Gasteiger partial charge in [-0.1, -0.05) is 30.3 Å². The van der Waals surface area contributed by atoms with Gasteiger partial charge in [-0.05, 0) is 48.2 Å². The Balaban J connectivity index is 2.02. The zero-order chi connectivity index (χ0) is 17.7. The predicted octanol–water partition coefficient (Wildman–Crippen LogP) is 2.20. The first-order valence-corrected chi connectivity index (χ1v) is 7.74. The van der Waals surface area contributed by atoms with Gasteiger partial charge in [-0.2, -0.15) is 0 Å². The molecule has 5 heteroatoms. The summed E-state index contributed by atoms with van der Waals surface area (Å²) in [6.45, 7) is 4.00. The van der Waals surface area contributed by atoms with Crippen LogP contribution in [0.3, 0.4) is 0 Å². The second-order valence-corrected chi connectivity index (χ2v) is 5.95. The van der Waals surface area contributed by atoms with Crippen LogP contribution in [0, 0.1) is 19.7 Å². The van der Waals surface area contributed by atoms with Crippen molar-refractivity contribution in [2.75, 3.05) is 0 Å². The highest BCUT2D eigenvalue weighted by molar-refractivity contribution is 5.87. The lowest BCUT2D eigenvalue weighted by Gasteiger charge is -2.16. The molecule has 2 aromatic rings. The molecule has 0 bridgehead atoms. The van der Waals surface area contributed by atoms with Gasteiger partial charge in [0, 0.05) is 6.42 Å². The van der Waals surface area contributed by atoms with Crippen LogP contribution < -0.4 is 11.1 Å². The van der Waals surface area contributed by atoms with Crippen LogP contribution in [0.4, 0.5) is 4.39 Å². The Morgan fingerprint density at radius 2 is 1.67 bits per heavy atom. The first kappa shape index (κ1) is 17.7. The summed E-state index contributed by atoms with van der Waals surface area (Å²) in [5.41, 5.74) is 9.30. The van der Waals surface area contributed by atoms with Crippen LogP contribution in [0.2, 0.25) is 0 Å². The van der Waals surface area contributed by atoms with E-state index >= 15 is 0 Å². The Morgan fingerprint density at radius 1 is 1.04 bits per heavy atom. The van der Waals surface area contributed by atoms with Crippen LogP contribution in [-0.4, -0.2) is 17.9 Å². The first-order chi connectivity index (χ1) is 11.3. The number of primary amides is 1. The first-order valence-electron chi connectivity index (χ1n) is 7.74. The summed E-state index contributed by atoms with van der Waals surface area (Å²) >= 11 is 0. The molecule has 0 aliphatic carbocycles. The Hall–Kier alpha value is -2.69. The molecule has 4 nitrogen and oxygen atoms in total. The molecule has 2 rings (SSSR count). The number of halogens is 1. The van der Waals surface area contributed by atoms with Crippen LogP contribution in [0.25, 0.3) is 0 Å². The van der Waals surface area contributed by atoms with Gasteiger partial charge >= 0.3 is 0 Å². The van der Waals surface area contributed by atoms with Crippen molar-refractivity contribution in [3.05, 3.63) is 70.5 Å². The molecule has 0 unspecified atom stereocenters. The highest BCUT2D eigenvalue weighted by Crippen LogP contribution is 2.12. The minimum Gasteiger partial charge on any atom is -0.368 e. The summed E-state index contributed by atoms with van der Waals surface area (Å²) in [5.74, 6) is -1.26. The van der Waals surface area contributed by atoms with E-state index in [9.17, 15) is 14.0 Å². The van der Waals surface area contributed by atoms with Crippen molar-refractivity contribution in [2.45, 2.75) is 32.7 Å². The molecule has 0 fully saturated rings. The molecule has 0 aromatic heterocycles. The van der Waals surface area contributed by atoms with Gasteiger partial charge in [-0.3, -0.25) is 9.59 Å². The van der Waals surface area contributed by atoms with E-state index in [-0.39, 0.29) is 18.1 Å². The van der Waals surface area contributed by atoms with Crippen molar-refractivity contribution in [1.29, 1.82) is 0 Å². The number of nitrogens with two attached hydrogens (primary N) is 1. The van der Waals surface area contributed by atoms with E-state index < -0.39 is 11.9 Å². The summed E-state index contributed by atoms with van der Waals surface area (Å²) in [6, 6.07) is 10.8. The Labute approximate surface area is 140 Å². The summed E-state index contributed by atoms with van der Waals surface area (Å²) in [4.78, 5) is 23.8. The maximum Gasteiger partial charge on any atom is 0.240 e. The molecular formula is C19H21FN2O2. The van der Waals surface area contributed by atoms with Crippen molar-refractivity contribution < 1.29 is 14.0 Å². The van der Waals surface area contributed by atoms with Crippen molar-refractivity contribution >= 4 is 11.8 Å². The molecule has 24 heavy (non-hydrogen) atoms. The van der Waals surface area contributed by atoms with Crippen molar-refractivity contribution in [2.24, 2.45) is 5.73 Å². The van der Waals surface area contributed by atoms with E-state index in [1.54, 1.807) is 0 Å². The summed E-state index contributed by atoms with van der Waals surface area (Å²) in [7, 11) is 0. The molecule has 2 amide bonds. The second kappa shape index (κ2) is 7.73. The number of aryl methyl sites for hydroxylation is 2. The van der Waals surface area contributed by atoms with E-state index in [1.807, 2.05) is 32.0 Å². The normalized spacial score (nSPS) is 11.8. The fourth-order valence-corrected chi connectivity index (χ4v) is 2.42. The molecule has 0 aliphatic heterocycles. The molecule has 0 aliphatic rings. The van der Waals surface area contributed by atoms with Crippen molar-refractivity contribution in [3.63, 3.8) is 0 Å². The highest BCUT2D eigenvalue weighted by atomic mass is 19.1. The third kappa shape index (κ3) is 4.91. The van der Waals surface area contributed by atoms with E-state index in [2.05, 4.69) is 5.32 Å². The summed E-state index contributed by atoms with van der Waals surface area (Å²) < 4.78 is 12.9. The van der Waals surface area contributed by atoms with Gasteiger partial charge in [0.15, 0.2) is 0 Å². The average Bonchev–Trinajstić information content (AvgIpc) is 2.52. The lowest BCUT2D eigenvalue weighted by molar-refractivity contribution is -0.127. The SMILES string of the molecule is Cc1ccc(C[C@@H](NC(=O)Cc2ccc(F)cc2)C(N)=O)cc1C. The zero-order valence-corrected chi connectivity index (χ0v) is 13.8. The Morgan fingerprint density at radius 3 is 2.25 bits per heavy atom. The van der Waals surface area contributed by atoms with Gasteiger partial charge in [0.25, 0.3) is 0 Å². The minimum absolute atomic E-state index is 0.0665. The monoisotopic (exact) mass is 328 g/mol. The number of carbonyl (C=O) groups excluding carboxylic acids is 2. The summed E-state index contributed by atoms with van der Waals surface area (Å²) in [6.07, 6.45) is 0.405. The molecule has 2 aromatic carbocycles. The fourth-order valence-electron chi connectivity index (χ4n) is 2.42. The second-order valence-electron chi connectivity index (χ2n) is 5.95. The fraction of sp³-hybridized carbons (Fsp3) is 0.263. The molecular weight excluding hydrogens is 307 g/mol. The van der Waals surface area contributed by atoms with E-state index in [1.165, 1.54) is 24.3 Å². The maximum atomic E-state index is 12.9. The van der Waals surface area contributed by atoms with Crippen molar-refractivity contribution in [1.82, 2.24) is 5.32 Å². The number of nitrogens with one attached hydrogen (secondary N) is 1. The van der Waals surface area contributed by atoms with E-state index in [0.29, 0.717) is 12.0 Å². The Kier molecular flexibility index (Phi) is 5.68. The van der Waals surface area contributed by atoms with Gasteiger partial charge in [0.1, 0.15) is 11.9 Å². The smallest absolute Gasteiger partial charge is 0.240 e. The van der Waals surface area contributed by atoms with Gasteiger partial charge < -0.3 is 11.1 Å². The van der Waals surface area contributed by atoms with Crippen LogP contribution in [0.5, 0.6) is 0 Å². The van der Waals surface area contributed by atoms with Crippen LogP contribution in [0.1, 0.15) is 22.3 Å². The minimum atomic E-state index is -0.778. The predicted molar refractivity (Wildman–Crippen MR) is 90.8 cm³/mol. The third-order valence-electron chi connectivity index (χ3n) is 3.97. The number of amides is 2. The van der Waals surface area contributed by atoms with Gasteiger partial charge in [0.2, 0.25) is 11.8 Å². The molecule has 1 atom stereocenters. The molecule has 0 saturated heterocycles. The van der Waals surface area contributed by atoms with Gasteiger partial charge in [0.05, 0.1) is 6.42 Å². The number of rotatable bonds is 6. The lowest BCUT2D eigenvalue weighted by Crippen LogP contribution is -2.46. The maximum absolute atomic E-state index is 12.9. The number of hydrogen-bond acceptors (Lipinski definition) is 2. The molecule has 0 spiro atoms. The topological polar surface area (TPSA) is 72.2 Å². The average molecular weight is 328 g/mol. The number of benzene rings is 2. The number of carbonyl (C=O) groups is 2. The Bertz CT molecular complexity index is 742. The van der Waals surface area contributed by atoms with Crippen LogP contribution in [0.15, 0.2) is 42.5 Å². The van der Waals surface area contributed by atoms with Gasteiger partial charge in [-0.25, -0.2) is 4.39 Å². The quantitative estimate of drug-likeness (QED) is 0.853. The molecule has 3 N–H and O–H groups in total. The lowest BCUT2D eigenvalue weighted by atomic mass is 10.0. The van der Waals surface area contributed by atoms with Crippen LogP contribution in [-0.2, 0) is 22.4 Å². The van der Waals surface area contributed by atoms with Gasteiger partial charge in [-0.15, -0.1) is 0 Å². The summed E-state index contributed by atoms with van der Waals surface area (Å²) in [5, 5.41) is 2.65. The molecule has 126 valence electrons. The van der Waals surface area contributed by atoms with Crippen LogP contribution >= 0.6 is 0 Å². The van der Waals surface area contributed by atoms with Crippen molar-refractivity contribution in [3.8, 4) is 0 Å². The largest absolute Gasteiger partial charge is 0.368 e. The third-order valence-corrected chi connectivity index (χ3v) is 3.97. The standard InChI is InChI=1S/C19H21FN2O2/c1-12-3-4-15(9-13(12)2)10-17(19(21)24)22-18(23)11-14-5-7-16(20)8-6-14/h3-9,17H,10-11H2,1-2H3,(H2,21,24)(H,22,23)/t17-/m1/s1. The number of hydrogen-bond donors (Lipinski definition) is 2. The molecule has 0 heterocycles. The molecule has 0 saturated carbocycles. The zero-order valence-electron chi connectivity index (χ0n) is 13.8.